The molecule has 1 aromatic rings. The van der Waals surface area contributed by atoms with Crippen molar-refractivity contribution in [2.45, 2.75) is 38.3 Å². The molecule has 4 N–H and O–H groups in total. The van der Waals surface area contributed by atoms with Crippen molar-refractivity contribution < 1.29 is 15.0 Å². The molecule has 1 fully saturated rings. The summed E-state index contributed by atoms with van der Waals surface area (Å²) < 4.78 is 0. The van der Waals surface area contributed by atoms with Gasteiger partial charge >= 0.3 is 5.97 Å². The Labute approximate surface area is 112 Å². The van der Waals surface area contributed by atoms with Crippen molar-refractivity contribution in [3.63, 3.8) is 0 Å². The molecule has 5 heteroatoms. The van der Waals surface area contributed by atoms with Gasteiger partial charge in [-0.1, -0.05) is 6.07 Å². The van der Waals surface area contributed by atoms with E-state index in [9.17, 15) is 9.90 Å². The molecule has 1 heterocycles. The van der Waals surface area contributed by atoms with Crippen molar-refractivity contribution in [3.05, 3.63) is 23.8 Å². The normalized spacial score (nSPS) is 20.5. The van der Waals surface area contributed by atoms with Crippen molar-refractivity contribution in [3.8, 4) is 0 Å². The van der Waals surface area contributed by atoms with Gasteiger partial charge in [0.05, 0.1) is 23.0 Å². The number of hydrogen-bond donors (Lipinski definition) is 3. The van der Waals surface area contributed by atoms with Gasteiger partial charge in [-0.05, 0) is 38.3 Å². The number of carbonyl (C=O) groups is 1. The van der Waals surface area contributed by atoms with E-state index in [1.54, 1.807) is 13.0 Å². The van der Waals surface area contributed by atoms with Gasteiger partial charge in [0.2, 0.25) is 0 Å². The summed E-state index contributed by atoms with van der Waals surface area (Å²) in [6, 6.07) is 5.31. The standard InChI is InChI=1S/C14H20N2O3/c1-9(17)8-10-4-3-7-16(10)12-6-2-5-11(13(12)15)14(18)19/h2,5-6,9-10,17H,3-4,7-8,15H2,1H3,(H,18,19). The number of carboxylic acids is 1. The minimum atomic E-state index is -1.01. The second-order valence-corrected chi connectivity index (χ2v) is 5.12. The van der Waals surface area contributed by atoms with Crippen molar-refractivity contribution in [2.75, 3.05) is 17.2 Å². The predicted molar refractivity (Wildman–Crippen MR) is 74.5 cm³/mol. The summed E-state index contributed by atoms with van der Waals surface area (Å²) in [7, 11) is 0. The van der Waals surface area contributed by atoms with Crippen LogP contribution in [0.25, 0.3) is 0 Å². The number of hydrogen-bond acceptors (Lipinski definition) is 4. The fraction of sp³-hybridized carbons (Fsp3) is 0.500. The monoisotopic (exact) mass is 264 g/mol. The van der Waals surface area contributed by atoms with Crippen LogP contribution in [0.15, 0.2) is 18.2 Å². The Balaban J connectivity index is 2.30. The Kier molecular flexibility index (Phi) is 3.95. The van der Waals surface area contributed by atoms with Gasteiger partial charge in [-0.3, -0.25) is 0 Å². The van der Waals surface area contributed by atoms with Gasteiger partial charge < -0.3 is 20.8 Å². The highest BCUT2D eigenvalue weighted by molar-refractivity contribution is 5.97. The summed E-state index contributed by atoms with van der Waals surface area (Å²) in [5.74, 6) is -1.01. The van der Waals surface area contributed by atoms with E-state index in [0.29, 0.717) is 12.1 Å². The first kappa shape index (κ1) is 13.7. The minimum absolute atomic E-state index is 0.139. The van der Waals surface area contributed by atoms with Crippen LogP contribution in [0.3, 0.4) is 0 Å². The number of aliphatic hydroxyl groups excluding tert-OH is 1. The van der Waals surface area contributed by atoms with Crippen LogP contribution in [0, 0.1) is 0 Å². The lowest BCUT2D eigenvalue weighted by Crippen LogP contribution is -2.32. The molecule has 0 aromatic heterocycles. The molecule has 0 bridgehead atoms. The van der Waals surface area contributed by atoms with Crippen LogP contribution in [0.1, 0.15) is 36.5 Å². The Morgan fingerprint density at radius 2 is 2.32 bits per heavy atom. The molecule has 1 aliphatic heterocycles. The molecular formula is C14H20N2O3. The second kappa shape index (κ2) is 5.48. The predicted octanol–water partition coefficient (Wildman–Crippen LogP) is 1.71. The summed E-state index contributed by atoms with van der Waals surface area (Å²) in [6.45, 7) is 2.62. The van der Waals surface area contributed by atoms with Crippen LogP contribution >= 0.6 is 0 Å². The molecule has 104 valence electrons. The summed E-state index contributed by atoms with van der Waals surface area (Å²) in [5.41, 5.74) is 7.19. The summed E-state index contributed by atoms with van der Waals surface area (Å²) >= 11 is 0. The maximum Gasteiger partial charge on any atom is 0.337 e. The van der Waals surface area contributed by atoms with Gasteiger partial charge in [0, 0.05) is 12.6 Å². The van der Waals surface area contributed by atoms with E-state index in [0.717, 1.165) is 25.1 Å². The third kappa shape index (κ3) is 2.81. The number of aliphatic hydroxyl groups is 1. The molecule has 2 atom stereocenters. The average molecular weight is 264 g/mol. The quantitative estimate of drug-likeness (QED) is 0.721. The maximum atomic E-state index is 11.1. The molecular weight excluding hydrogens is 244 g/mol. The molecule has 5 nitrogen and oxygen atoms in total. The van der Waals surface area contributed by atoms with Crippen LogP contribution in [-0.2, 0) is 0 Å². The highest BCUT2D eigenvalue weighted by Crippen LogP contribution is 2.33. The number of nitrogens with two attached hydrogens (primary N) is 1. The van der Waals surface area contributed by atoms with Crippen LogP contribution in [0.2, 0.25) is 0 Å². The van der Waals surface area contributed by atoms with Crippen LogP contribution in [0.5, 0.6) is 0 Å². The number of nitrogens with zero attached hydrogens (tertiary/aromatic N) is 1. The van der Waals surface area contributed by atoms with E-state index in [4.69, 9.17) is 10.8 Å². The molecule has 0 aliphatic carbocycles. The first-order valence-corrected chi connectivity index (χ1v) is 6.57. The highest BCUT2D eigenvalue weighted by atomic mass is 16.4. The molecule has 2 rings (SSSR count). The maximum absolute atomic E-state index is 11.1. The number of nitrogen functional groups attached to an aromatic ring is 1. The van der Waals surface area contributed by atoms with Crippen LogP contribution in [0.4, 0.5) is 11.4 Å². The highest BCUT2D eigenvalue weighted by Gasteiger charge is 2.28. The summed E-state index contributed by atoms with van der Waals surface area (Å²) in [4.78, 5) is 13.2. The third-order valence-electron chi connectivity index (χ3n) is 3.61. The second-order valence-electron chi connectivity index (χ2n) is 5.12. The largest absolute Gasteiger partial charge is 0.478 e. The van der Waals surface area contributed by atoms with Gasteiger partial charge in [-0.2, -0.15) is 0 Å². The average Bonchev–Trinajstić information content (AvgIpc) is 2.76. The number of anilines is 2. The zero-order valence-electron chi connectivity index (χ0n) is 11.0. The molecule has 0 radical (unpaired) electrons. The van der Waals surface area contributed by atoms with Crippen LogP contribution in [-0.4, -0.2) is 34.9 Å². The SMILES string of the molecule is CC(O)CC1CCCN1c1cccc(C(=O)O)c1N. The van der Waals surface area contributed by atoms with Crippen molar-refractivity contribution >= 4 is 17.3 Å². The number of carboxylic acid groups (broad SMARTS) is 1. The van der Waals surface area contributed by atoms with Crippen LogP contribution < -0.4 is 10.6 Å². The number of benzene rings is 1. The number of rotatable bonds is 4. The Hall–Kier alpha value is -1.75. The molecule has 2 unspecified atom stereocenters. The molecule has 19 heavy (non-hydrogen) atoms. The fourth-order valence-corrected chi connectivity index (χ4v) is 2.78. The fourth-order valence-electron chi connectivity index (χ4n) is 2.78. The van der Waals surface area contributed by atoms with E-state index in [1.165, 1.54) is 6.07 Å². The molecule has 1 aliphatic rings. The van der Waals surface area contributed by atoms with E-state index < -0.39 is 5.97 Å². The molecule has 0 saturated carbocycles. The van der Waals surface area contributed by atoms with Crippen molar-refractivity contribution in [1.29, 1.82) is 0 Å². The Bertz CT molecular complexity index is 474. The summed E-state index contributed by atoms with van der Waals surface area (Å²) in [5, 5.41) is 18.6. The molecule has 1 aromatic carbocycles. The lowest BCUT2D eigenvalue weighted by Gasteiger charge is -2.29. The summed E-state index contributed by atoms with van der Waals surface area (Å²) in [6.07, 6.45) is 2.35. The van der Waals surface area contributed by atoms with E-state index >= 15 is 0 Å². The zero-order chi connectivity index (χ0) is 14.0. The first-order valence-electron chi connectivity index (χ1n) is 6.57. The van der Waals surface area contributed by atoms with E-state index in [-0.39, 0.29) is 17.7 Å². The molecule has 0 amide bonds. The molecule has 0 spiro atoms. The van der Waals surface area contributed by atoms with Gasteiger partial charge in [0.25, 0.3) is 0 Å². The van der Waals surface area contributed by atoms with E-state index in [2.05, 4.69) is 4.90 Å². The lowest BCUT2D eigenvalue weighted by molar-refractivity contribution is 0.0698. The Morgan fingerprint density at radius 3 is 2.95 bits per heavy atom. The first-order chi connectivity index (χ1) is 9.00. The number of para-hydroxylation sites is 1. The third-order valence-corrected chi connectivity index (χ3v) is 3.61. The topological polar surface area (TPSA) is 86.8 Å². The zero-order valence-corrected chi connectivity index (χ0v) is 11.0. The lowest BCUT2D eigenvalue weighted by atomic mass is 10.1. The van der Waals surface area contributed by atoms with Gasteiger partial charge in [-0.25, -0.2) is 4.79 Å². The van der Waals surface area contributed by atoms with Gasteiger partial charge in [0.15, 0.2) is 0 Å². The molecule has 1 saturated heterocycles. The van der Waals surface area contributed by atoms with Crippen molar-refractivity contribution in [1.82, 2.24) is 0 Å². The Morgan fingerprint density at radius 1 is 1.58 bits per heavy atom. The van der Waals surface area contributed by atoms with Gasteiger partial charge in [-0.15, -0.1) is 0 Å². The smallest absolute Gasteiger partial charge is 0.337 e. The van der Waals surface area contributed by atoms with E-state index in [1.807, 2.05) is 6.07 Å². The van der Waals surface area contributed by atoms with Crippen molar-refractivity contribution in [2.24, 2.45) is 0 Å². The minimum Gasteiger partial charge on any atom is -0.478 e. The van der Waals surface area contributed by atoms with Gasteiger partial charge in [0.1, 0.15) is 0 Å². The number of aromatic carboxylic acids is 1.